The molecule has 0 aromatic carbocycles. The average molecular weight is 204 g/mol. The lowest BCUT2D eigenvalue weighted by atomic mass is 9.95. The van der Waals surface area contributed by atoms with Crippen molar-refractivity contribution in [2.24, 2.45) is 5.41 Å². The lowest BCUT2D eigenvalue weighted by molar-refractivity contribution is -0.129. The van der Waals surface area contributed by atoms with Gasteiger partial charge in [0.1, 0.15) is 0 Å². The molecule has 0 bridgehead atoms. The Balaban J connectivity index is 2.39. The highest BCUT2D eigenvalue weighted by atomic mass is 35.5. The third-order valence-corrected chi connectivity index (χ3v) is 3.31. The number of carbonyl (C=O) groups excluding carboxylic acids is 1. The fraction of sp³-hybridized carbons (Fsp3) is 0.900. The van der Waals surface area contributed by atoms with Gasteiger partial charge in [-0.2, -0.15) is 0 Å². The van der Waals surface area contributed by atoms with Crippen LogP contribution in [0, 0.1) is 5.41 Å². The van der Waals surface area contributed by atoms with Crippen molar-refractivity contribution in [3.63, 3.8) is 0 Å². The summed E-state index contributed by atoms with van der Waals surface area (Å²) in [4.78, 5) is 11.7. The first kappa shape index (κ1) is 10.8. The van der Waals surface area contributed by atoms with Crippen LogP contribution in [0.4, 0.5) is 0 Å². The Morgan fingerprint density at radius 1 is 1.46 bits per heavy atom. The van der Waals surface area contributed by atoms with Crippen molar-refractivity contribution in [3.05, 3.63) is 0 Å². The number of alkyl halides is 1. The molecule has 0 atom stereocenters. The summed E-state index contributed by atoms with van der Waals surface area (Å²) in [6.45, 7) is 3.76. The van der Waals surface area contributed by atoms with Gasteiger partial charge in [0.05, 0.1) is 5.41 Å². The molecule has 2 nitrogen and oxygen atoms in total. The van der Waals surface area contributed by atoms with Gasteiger partial charge in [-0.15, -0.1) is 11.6 Å². The number of halogens is 1. The van der Waals surface area contributed by atoms with Gasteiger partial charge in [0.15, 0.2) is 0 Å². The van der Waals surface area contributed by atoms with Crippen LogP contribution in [0.2, 0.25) is 0 Å². The van der Waals surface area contributed by atoms with Crippen LogP contribution < -0.4 is 5.32 Å². The van der Waals surface area contributed by atoms with Crippen LogP contribution in [0.5, 0.6) is 0 Å². The molecule has 0 aromatic rings. The van der Waals surface area contributed by atoms with Crippen molar-refractivity contribution in [1.82, 2.24) is 5.32 Å². The molecule has 1 saturated carbocycles. The molecule has 1 aliphatic rings. The molecule has 1 N–H and O–H groups in total. The van der Waals surface area contributed by atoms with Gasteiger partial charge in [-0.05, 0) is 26.7 Å². The Labute approximate surface area is 85.0 Å². The van der Waals surface area contributed by atoms with Crippen molar-refractivity contribution in [2.45, 2.75) is 45.6 Å². The molecule has 1 fully saturated rings. The topological polar surface area (TPSA) is 29.1 Å². The minimum Gasteiger partial charge on any atom is -0.353 e. The molecule has 0 spiro atoms. The minimum atomic E-state index is -0.426. The van der Waals surface area contributed by atoms with Crippen LogP contribution in [0.1, 0.15) is 39.5 Å². The zero-order valence-electron chi connectivity index (χ0n) is 8.40. The highest BCUT2D eigenvalue weighted by molar-refractivity contribution is 6.19. The third-order valence-electron chi connectivity index (χ3n) is 2.64. The van der Waals surface area contributed by atoms with Crippen LogP contribution >= 0.6 is 11.6 Å². The predicted molar refractivity (Wildman–Crippen MR) is 54.9 cm³/mol. The van der Waals surface area contributed by atoms with E-state index in [0.717, 1.165) is 12.8 Å². The van der Waals surface area contributed by atoms with Crippen molar-refractivity contribution in [2.75, 3.05) is 5.88 Å². The fourth-order valence-electron chi connectivity index (χ4n) is 1.51. The number of hydrogen-bond donors (Lipinski definition) is 1. The highest BCUT2D eigenvalue weighted by Crippen LogP contribution is 2.21. The van der Waals surface area contributed by atoms with E-state index in [4.69, 9.17) is 11.6 Å². The van der Waals surface area contributed by atoms with Crippen LogP contribution in [0.3, 0.4) is 0 Å². The maximum atomic E-state index is 11.7. The lowest BCUT2D eigenvalue weighted by Gasteiger charge is -2.23. The number of carbonyl (C=O) groups is 1. The third kappa shape index (κ3) is 2.87. The SMILES string of the molecule is CC(C)(CCl)C(=O)NC1CCCC1. The van der Waals surface area contributed by atoms with E-state index < -0.39 is 5.41 Å². The van der Waals surface area contributed by atoms with Gasteiger partial charge < -0.3 is 5.32 Å². The molecule has 3 heteroatoms. The molecule has 0 saturated heterocycles. The second kappa shape index (κ2) is 4.32. The van der Waals surface area contributed by atoms with Crippen LogP contribution in [-0.4, -0.2) is 17.8 Å². The molecule has 13 heavy (non-hydrogen) atoms. The summed E-state index contributed by atoms with van der Waals surface area (Å²) >= 11 is 5.71. The van der Waals surface area contributed by atoms with Gasteiger partial charge in [0.2, 0.25) is 5.91 Å². The number of rotatable bonds is 3. The molecule has 0 radical (unpaired) electrons. The summed E-state index contributed by atoms with van der Waals surface area (Å²) in [5.74, 6) is 0.473. The molecule has 1 rings (SSSR count). The Hall–Kier alpha value is -0.240. The summed E-state index contributed by atoms with van der Waals surface area (Å²) in [6, 6.07) is 0.398. The average Bonchev–Trinajstić information content (AvgIpc) is 2.57. The molecule has 0 unspecified atom stereocenters. The summed E-state index contributed by atoms with van der Waals surface area (Å²) in [6.07, 6.45) is 4.74. The van der Waals surface area contributed by atoms with E-state index in [2.05, 4.69) is 5.32 Å². The van der Waals surface area contributed by atoms with E-state index in [1.165, 1.54) is 12.8 Å². The van der Waals surface area contributed by atoms with E-state index in [-0.39, 0.29) is 5.91 Å². The van der Waals surface area contributed by atoms with E-state index in [9.17, 15) is 4.79 Å². The maximum Gasteiger partial charge on any atom is 0.227 e. The predicted octanol–water partition coefficient (Wildman–Crippen LogP) is 2.31. The second-order valence-electron chi connectivity index (χ2n) is 4.47. The summed E-state index contributed by atoms with van der Waals surface area (Å²) < 4.78 is 0. The van der Waals surface area contributed by atoms with E-state index in [1.807, 2.05) is 13.8 Å². The second-order valence-corrected chi connectivity index (χ2v) is 4.74. The van der Waals surface area contributed by atoms with Crippen LogP contribution in [0.25, 0.3) is 0 Å². The standard InChI is InChI=1S/C10H18ClNO/c1-10(2,7-11)9(13)12-8-5-3-4-6-8/h8H,3-7H2,1-2H3,(H,12,13). The van der Waals surface area contributed by atoms with Gasteiger partial charge in [0.25, 0.3) is 0 Å². The smallest absolute Gasteiger partial charge is 0.227 e. The van der Waals surface area contributed by atoms with Crippen LogP contribution in [-0.2, 0) is 4.79 Å². The number of amides is 1. The number of hydrogen-bond acceptors (Lipinski definition) is 1. The fourth-order valence-corrected chi connectivity index (χ4v) is 1.63. The molecule has 1 amide bonds. The van der Waals surface area contributed by atoms with Gasteiger partial charge >= 0.3 is 0 Å². The Morgan fingerprint density at radius 3 is 2.46 bits per heavy atom. The molecule has 0 aliphatic heterocycles. The minimum absolute atomic E-state index is 0.0920. The first-order valence-corrected chi connectivity index (χ1v) is 5.46. The molecule has 0 heterocycles. The summed E-state index contributed by atoms with van der Waals surface area (Å²) in [7, 11) is 0. The molecular formula is C10H18ClNO. The normalized spacial score (nSPS) is 19.0. The maximum absolute atomic E-state index is 11.7. The monoisotopic (exact) mass is 203 g/mol. The highest BCUT2D eigenvalue weighted by Gasteiger charge is 2.29. The largest absolute Gasteiger partial charge is 0.353 e. The molecule has 0 aromatic heterocycles. The molecular weight excluding hydrogens is 186 g/mol. The lowest BCUT2D eigenvalue weighted by Crippen LogP contribution is -2.42. The summed E-state index contributed by atoms with van der Waals surface area (Å²) in [5.41, 5.74) is -0.426. The van der Waals surface area contributed by atoms with Crippen LogP contribution in [0.15, 0.2) is 0 Å². The van der Waals surface area contributed by atoms with E-state index >= 15 is 0 Å². The Bertz CT molecular complexity index is 185. The van der Waals surface area contributed by atoms with Crippen molar-refractivity contribution < 1.29 is 4.79 Å². The molecule has 1 aliphatic carbocycles. The van der Waals surface area contributed by atoms with E-state index in [1.54, 1.807) is 0 Å². The molecule has 76 valence electrons. The Morgan fingerprint density at radius 2 is 2.00 bits per heavy atom. The zero-order chi connectivity index (χ0) is 9.90. The number of nitrogens with one attached hydrogen (secondary N) is 1. The van der Waals surface area contributed by atoms with Gasteiger partial charge in [-0.1, -0.05) is 12.8 Å². The van der Waals surface area contributed by atoms with Gasteiger partial charge in [-0.25, -0.2) is 0 Å². The van der Waals surface area contributed by atoms with Gasteiger partial charge in [-0.3, -0.25) is 4.79 Å². The van der Waals surface area contributed by atoms with Gasteiger partial charge in [0, 0.05) is 11.9 Å². The quantitative estimate of drug-likeness (QED) is 0.701. The first-order chi connectivity index (χ1) is 6.06. The van der Waals surface area contributed by atoms with Crippen molar-refractivity contribution >= 4 is 17.5 Å². The van der Waals surface area contributed by atoms with Crippen molar-refractivity contribution in [3.8, 4) is 0 Å². The zero-order valence-corrected chi connectivity index (χ0v) is 9.16. The summed E-state index contributed by atoms with van der Waals surface area (Å²) in [5, 5.41) is 3.05. The van der Waals surface area contributed by atoms with Crippen molar-refractivity contribution in [1.29, 1.82) is 0 Å². The van der Waals surface area contributed by atoms with E-state index in [0.29, 0.717) is 11.9 Å². The first-order valence-electron chi connectivity index (χ1n) is 4.93. The Kier molecular flexibility index (Phi) is 3.60.